The van der Waals surface area contributed by atoms with Crippen molar-refractivity contribution in [1.82, 2.24) is 9.38 Å². The second kappa shape index (κ2) is 6.74. The van der Waals surface area contributed by atoms with Crippen molar-refractivity contribution in [1.29, 1.82) is 0 Å². The molecule has 3 N–H and O–H groups in total. The quantitative estimate of drug-likeness (QED) is 0.509. The van der Waals surface area contributed by atoms with Crippen molar-refractivity contribution in [2.24, 2.45) is 0 Å². The van der Waals surface area contributed by atoms with Gasteiger partial charge in [0.25, 0.3) is 0 Å². The smallest absolute Gasteiger partial charge is 0.243 e. The summed E-state index contributed by atoms with van der Waals surface area (Å²) >= 11 is 0. The van der Waals surface area contributed by atoms with Gasteiger partial charge < -0.3 is 16.0 Å². The molecule has 6 nitrogen and oxygen atoms in total. The second-order valence-electron chi connectivity index (χ2n) is 6.71. The first-order valence-electron chi connectivity index (χ1n) is 9.21. The number of hydrogen-bond acceptors (Lipinski definition) is 4. The number of anilines is 3. The number of nitrogens with zero attached hydrogens (tertiary/aromatic N) is 2. The lowest BCUT2D eigenvalue weighted by Crippen LogP contribution is -2.27. The number of imidazole rings is 1. The number of aromatic nitrogens is 2. The Morgan fingerprint density at radius 2 is 1.86 bits per heavy atom. The van der Waals surface area contributed by atoms with Crippen molar-refractivity contribution in [3.63, 3.8) is 0 Å². The lowest BCUT2D eigenvalue weighted by Gasteiger charge is -2.21. The molecular formula is C22H19N5O. The number of para-hydroxylation sites is 1. The van der Waals surface area contributed by atoms with Gasteiger partial charge in [-0.3, -0.25) is 9.20 Å². The zero-order valence-electron chi connectivity index (χ0n) is 15.1. The minimum atomic E-state index is -0.0397. The van der Waals surface area contributed by atoms with Crippen LogP contribution in [-0.4, -0.2) is 21.8 Å². The fourth-order valence-corrected chi connectivity index (χ4v) is 3.54. The van der Waals surface area contributed by atoms with Crippen molar-refractivity contribution in [2.75, 3.05) is 22.5 Å². The standard InChI is InChI=1S/C22H19N5O/c28-19-14-23-20-16(9-6-10-17(20)25-19)21-22(24-13-15-7-2-1-3-8-15)27-12-5-4-11-18(27)26-21/h1-12,23-24H,13-14H2,(H,25,28). The largest absolute Gasteiger partial charge is 0.374 e. The fraction of sp³-hybridized carbons (Fsp3) is 0.0909. The minimum absolute atomic E-state index is 0.0397. The third-order valence-electron chi connectivity index (χ3n) is 4.85. The van der Waals surface area contributed by atoms with Crippen LogP contribution in [0.25, 0.3) is 16.9 Å². The first-order chi connectivity index (χ1) is 13.8. The van der Waals surface area contributed by atoms with E-state index in [-0.39, 0.29) is 12.5 Å². The number of hydrogen-bond donors (Lipinski definition) is 3. The van der Waals surface area contributed by atoms with Gasteiger partial charge in [-0.25, -0.2) is 4.98 Å². The van der Waals surface area contributed by atoms with Crippen LogP contribution in [0.15, 0.2) is 72.9 Å². The normalized spacial score (nSPS) is 12.9. The van der Waals surface area contributed by atoms with Gasteiger partial charge in [0, 0.05) is 18.3 Å². The van der Waals surface area contributed by atoms with Crippen LogP contribution in [0.5, 0.6) is 0 Å². The number of pyridine rings is 1. The Morgan fingerprint density at radius 3 is 2.75 bits per heavy atom. The molecule has 0 radical (unpaired) electrons. The molecule has 1 aliphatic heterocycles. The van der Waals surface area contributed by atoms with E-state index in [0.717, 1.165) is 34.1 Å². The third-order valence-corrected chi connectivity index (χ3v) is 4.85. The van der Waals surface area contributed by atoms with Gasteiger partial charge in [0.05, 0.1) is 17.9 Å². The van der Waals surface area contributed by atoms with Gasteiger partial charge in [-0.1, -0.05) is 48.5 Å². The van der Waals surface area contributed by atoms with Gasteiger partial charge >= 0.3 is 0 Å². The molecule has 1 aliphatic rings. The highest BCUT2D eigenvalue weighted by Gasteiger charge is 2.22. The summed E-state index contributed by atoms with van der Waals surface area (Å²) in [5.41, 5.74) is 5.54. The average Bonchev–Trinajstić information content (AvgIpc) is 3.10. The maximum atomic E-state index is 11.7. The lowest BCUT2D eigenvalue weighted by molar-refractivity contribution is -0.114. The number of amides is 1. The highest BCUT2D eigenvalue weighted by Crippen LogP contribution is 2.39. The molecule has 4 aromatic rings. The Bertz CT molecular complexity index is 1170. The van der Waals surface area contributed by atoms with Crippen molar-refractivity contribution in [3.8, 4) is 11.3 Å². The Morgan fingerprint density at radius 1 is 1.00 bits per heavy atom. The zero-order chi connectivity index (χ0) is 18.9. The molecule has 0 fully saturated rings. The summed E-state index contributed by atoms with van der Waals surface area (Å²) < 4.78 is 2.05. The first-order valence-corrected chi connectivity index (χ1v) is 9.21. The summed E-state index contributed by atoms with van der Waals surface area (Å²) in [7, 11) is 0. The number of carbonyl (C=O) groups is 1. The summed E-state index contributed by atoms with van der Waals surface area (Å²) in [5, 5.41) is 9.71. The van der Waals surface area contributed by atoms with E-state index in [1.54, 1.807) is 0 Å². The van der Waals surface area contributed by atoms with Crippen LogP contribution >= 0.6 is 0 Å². The van der Waals surface area contributed by atoms with Gasteiger partial charge in [-0.05, 0) is 23.8 Å². The summed E-state index contributed by atoms with van der Waals surface area (Å²) in [5.74, 6) is 0.883. The predicted molar refractivity (Wildman–Crippen MR) is 112 cm³/mol. The molecule has 2 aromatic carbocycles. The summed E-state index contributed by atoms with van der Waals surface area (Å²) in [6.45, 7) is 0.944. The fourth-order valence-electron chi connectivity index (χ4n) is 3.54. The highest BCUT2D eigenvalue weighted by molar-refractivity contribution is 6.04. The molecule has 2 aromatic heterocycles. The van der Waals surface area contributed by atoms with E-state index in [9.17, 15) is 4.79 Å². The molecule has 0 saturated carbocycles. The molecule has 1 amide bonds. The third kappa shape index (κ3) is 2.85. The van der Waals surface area contributed by atoms with Gasteiger partial charge in [0.2, 0.25) is 5.91 Å². The molecule has 3 heterocycles. The van der Waals surface area contributed by atoms with Crippen molar-refractivity contribution in [2.45, 2.75) is 6.54 Å². The molecule has 0 saturated heterocycles. The molecule has 5 rings (SSSR count). The molecule has 0 aliphatic carbocycles. The molecule has 0 unspecified atom stereocenters. The topological polar surface area (TPSA) is 70.5 Å². The summed E-state index contributed by atoms with van der Waals surface area (Å²) in [4.78, 5) is 16.6. The summed E-state index contributed by atoms with van der Waals surface area (Å²) in [6, 6.07) is 22.1. The Hall–Kier alpha value is -3.80. The van der Waals surface area contributed by atoms with Crippen LogP contribution < -0.4 is 16.0 Å². The zero-order valence-corrected chi connectivity index (χ0v) is 15.1. The molecule has 0 bridgehead atoms. The van der Waals surface area contributed by atoms with Crippen LogP contribution in [0.3, 0.4) is 0 Å². The lowest BCUT2D eigenvalue weighted by atomic mass is 10.1. The molecule has 0 spiro atoms. The molecule has 0 atom stereocenters. The van der Waals surface area contributed by atoms with Crippen LogP contribution in [0.1, 0.15) is 5.56 Å². The van der Waals surface area contributed by atoms with Gasteiger partial charge in [0.1, 0.15) is 17.2 Å². The maximum Gasteiger partial charge on any atom is 0.243 e. The number of rotatable bonds is 4. The van der Waals surface area contributed by atoms with Crippen LogP contribution in [0.4, 0.5) is 17.2 Å². The van der Waals surface area contributed by atoms with Crippen LogP contribution in [0, 0.1) is 0 Å². The molecule has 6 heteroatoms. The Balaban J connectivity index is 1.62. The SMILES string of the molecule is O=C1CNc2c(cccc2-c2nc3ccccn3c2NCc2ccccc2)N1. The van der Waals surface area contributed by atoms with E-state index in [1.807, 2.05) is 60.8 Å². The van der Waals surface area contributed by atoms with E-state index in [0.29, 0.717) is 6.54 Å². The van der Waals surface area contributed by atoms with E-state index < -0.39 is 0 Å². The maximum absolute atomic E-state index is 11.7. The minimum Gasteiger partial charge on any atom is -0.374 e. The predicted octanol–water partition coefficient (Wildman–Crippen LogP) is 3.98. The van der Waals surface area contributed by atoms with Gasteiger partial charge in [-0.2, -0.15) is 0 Å². The van der Waals surface area contributed by atoms with E-state index in [2.05, 4.69) is 32.5 Å². The van der Waals surface area contributed by atoms with Crippen LogP contribution in [-0.2, 0) is 11.3 Å². The van der Waals surface area contributed by atoms with Crippen molar-refractivity contribution < 1.29 is 4.79 Å². The molecular weight excluding hydrogens is 350 g/mol. The van der Waals surface area contributed by atoms with E-state index in [1.165, 1.54) is 5.56 Å². The van der Waals surface area contributed by atoms with Gasteiger partial charge in [0.15, 0.2) is 0 Å². The van der Waals surface area contributed by atoms with Crippen LogP contribution in [0.2, 0.25) is 0 Å². The Labute approximate surface area is 162 Å². The highest BCUT2D eigenvalue weighted by atomic mass is 16.2. The van der Waals surface area contributed by atoms with E-state index >= 15 is 0 Å². The molecule has 138 valence electrons. The average molecular weight is 369 g/mol. The monoisotopic (exact) mass is 369 g/mol. The second-order valence-corrected chi connectivity index (χ2v) is 6.71. The number of nitrogens with one attached hydrogen (secondary N) is 3. The number of carbonyl (C=O) groups excluding carboxylic acids is 1. The van der Waals surface area contributed by atoms with Gasteiger partial charge in [-0.15, -0.1) is 0 Å². The van der Waals surface area contributed by atoms with Crippen molar-refractivity contribution in [3.05, 3.63) is 78.5 Å². The summed E-state index contributed by atoms with van der Waals surface area (Å²) in [6.07, 6.45) is 2.00. The molecule has 28 heavy (non-hydrogen) atoms. The van der Waals surface area contributed by atoms with Crippen molar-refractivity contribution >= 4 is 28.7 Å². The van der Waals surface area contributed by atoms with E-state index in [4.69, 9.17) is 4.98 Å². The Kier molecular flexibility index (Phi) is 3.94. The number of benzene rings is 2. The number of fused-ring (bicyclic) bond motifs is 2. The first kappa shape index (κ1) is 16.4.